The first-order valence-corrected chi connectivity index (χ1v) is 12.0. The fourth-order valence-corrected chi connectivity index (χ4v) is 4.94. The van der Waals surface area contributed by atoms with Crippen LogP contribution in [0, 0.1) is 20.8 Å². The van der Waals surface area contributed by atoms with Crippen LogP contribution < -0.4 is 15.0 Å². The van der Waals surface area contributed by atoms with E-state index >= 15 is 0 Å². The van der Waals surface area contributed by atoms with Gasteiger partial charge in [0.2, 0.25) is 5.91 Å². The lowest BCUT2D eigenvalue weighted by Gasteiger charge is -2.37. The van der Waals surface area contributed by atoms with E-state index in [4.69, 9.17) is 16.3 Å². The van der Waals surface area contributed by atoms with Gasteiger partial charge in [0.15, 0.2) is 6.10 Å². The van der Waals surface area contributed by atoms with Gasteiger partial charge in [-0.1, -0.05) is 24.6 Å². The van der Waals surface area contributed by atoms with Gasteiger partial charge in [-0.15, -0.1) is 11.3 Å². The largest absolute Gasteiger partial charge is 0.478 e. The Labute approximate surface area is 202 Å². The molecule has 0 saturated carbocycles. The summed E-state index contributed by atoms with van der Waals surface area (Å²) < 4.78 is 5.97. The molecule has 0 fully saturated rings. The first-order chi connectivity index (χ1) is 15.7. The molecule has 33 heavy (non-hydrogen) atoms. The lowest BCUT2D eigenvalue weighted by Crippen LogP contribution is -2.53. The van der Waals surface area contributed by atoms with Crippen LogP contribution in [0.25, 0.3) is 11.3 Å². The molecule has 3 aromatic rings. The molecule has 0 saturated heterocycles. The van der Waals surface area contributed by atoms with Crippen LogP contribution in [0.4, 0.5) is 11.4 Å². The number of carbonyl (C=O) groups is 2. The highest BCUT2D eigenvalue weighted by atomic mass is 35.5. The number of aryl methyl sites for hydroxylation is 3. The molecule has 1 aromatic heterocycles. The normalized spacial score (nSPS) is 16.2. The predicted molar refractivity (Wildman–Crippen MR) is 133 cm³/mol. The van der Waals surface area contributed by atoms with E-state index in [1.54, 1.807) is 30.4 Å². The third-order valence-corrected chi connectivity index (χ3v) is 7.05. The molecule has 1 aliphatic rings. The number of aromatic nitrogens is 1. The SMILES string of the molecule is CCC1Oc2ccc(-c3nc(C)sc3C)cc2N(C(C)C(=O)Nc2ccc(C)c(Cl)c2)C1=O. The maximum Gasteiger partial charge on any atom is 0.268 e. The van der Waals surface area contributed by atoms with Gasteiger partial charge in [0.1, 0.15) is 11.8 Å². The lowest BCUT2D eigenvalue weighted by atomic mass is 10.0. The number of anilines is 2. The van der Waals surface area contributed by atoms with Crippen molar-refractivity contribution >= 4 is 46.1 Å². The average molecular weight is 484 g/mol. The van der Waals surface area contributed by atoms with Gasteiger partial charge in [-0.2, -0.15) is 0 Å². The molecule has 2 atom stereocenters. The number of fused-ring (bicyclic) bond motifs is 1. The van der Waals surface area contributed by atoms with Crippen LogP contribution in [0.2, 0.25) is 5.02 Å². The van der Waals surface area contributed by atoms with Gasteiger partial charge < -0.3 is 10.1 Å². The van der Waals surface area contributed by atoms with Crippen molar-refractivity contribution in [1.82, 2.24) is 4.98 Å². The monoisotopic (exact) mass is 483 g/mol. The third-order valence-electron chi connectivity index (χ3n) is 5.75. The van der Waals surface area contributed by atoms with Crippen LogP contribution in [-0.2, 0) is 9.59 Å². The van der Waals surface area contributed by atoms with Crippen molar-refractivity contribution in [2.45, 2.75) is 53.2 Å². The number of carbonyl (C=O) groups excluding carboxylic acids is 2. The molecule has 2 unspecified atom stereocenters. The van der Waals surface area contributed by atoms with Gasteiger partial charge >= 0.3 is 0 Å². The van der Waals surface area contributed by atoms with Crippen molar-refractivity contribution < 1.29 is 14.3 Å². The number of amides is 2. The first-order valence-electron chi connectivity index (χ1n) is 10.8. The zero-order chi connectivity index (χ0) is 23.9. The summed E-state index contributed by atoms with van der Waals surface area (Å²) in [5.74, 6) is 0.0304. The van der Waals surface area contributed by atoms with E-state index in [1.165, 1.54) is 4.90 Å². The molecule has 2 aromatic carbocycles. The maximum absolute atomic E-state index is 13.3. The predicted octanol–water partition coefficient (Wildman–Crippen LogP) is 5.92. The molecule has 6 nitrogen and oxygen atoms in total. The molecule has 1 aliphatic heterocycles. The number of ether oxygens (including phenoxy) is 1. The Kier molecular flexibility index (Phi) is 6.45. The number of rotatable bonds is 5. The number of thiazole rings is 1. The van der Waals surface area contributed by atoms with E-state index < -0.39 is 12.1 Å². The van der Waals surface area contributed by atoms with Crippen LogP contribution in [0.3, 0.4) is 0 Å². The van der Waals surface area contributed by atoms with Crippen molar-refractivity contribution in [2.24, 2.45) is 0 Å². The van der Waals surface area contributed by atoms with Gasteiger partial charge in [0, 0.05) is 21.2 Å². The van der Waals surface area contributed by atoms with E-state index in [0.29, 0.717) is 28.6 Å². The number of hydrogen-bond donors (Lipinski definition) is 1. The number of benzene rings is 2. The second-order valence-corrected chi connectivity index (χ2v) is 9.99. The highest BCUT2D eigenvalue weighted by Gasteiger charge is 2.38. The maximum atomic E-state index is 13.3. The van der Waals surface area contributed by atoms with Crippen LogP contribution in [0.15, 0.2) is 36.4 Å². The van der Waals surface area contributed by atoms with E-state index in [0.717, 1.165) is 26.7 Å². The van der Waals surface area contributed by atoms with E-state index in [2.05, 4.69) is 10.3 Å². The van der Waals surface area contributed by atoms with Crippen LogP contribution >= 0.6 is 22.9 Å². The smallest absolute Gasteiger partial charge is 0.268 e. The number of nitrogens with zero attached hydrogens (tertiary/aromatic N) is 2. The van der Waals surface area contributed by atoms with Gasteiger partial charge in [-0.25, -0.2) is 4.98 Å². The Bertz CT molecular complexity index is 1240. The minimum Gasteiger partial charge on any atom is -0.478 e. The Balaban J connectivity index is 1.71. The zero-order valence-electron chi connectivity index (χ0n) is 19.2. The highest BCUT2D eigenvalue weighted by molar-refractivity contribution is 7.11. The molecular formula is C25H26ClN3O3S. The third kappa shape index (κ3) is 4.48. The second kappa shape index (κ2) is 9.15. The van der Waals surface area contributed by atoms with Gasteiger partial charge in [0.05, 0.1) is 16.4 Å². The summed E-state index contributed by atoms with van der Waals surface area (Å²) in [6.07, 6.45) is -0.140. The number of hydrogen-bond acceptors (Lipinski definition) is 5. The lowest BCUT2D eigenvalue weighted by molar-refractivity contribution is -0.129. The molecule has 0 aliphatic carbocycles. The number of nitrogens with one attached hydrogen (secondary N) is 1. The standard InChI is InChI=1S/C25H26ClN3O3S/c1-6-21-25(31)29(14(3)24(30)28-18-9-7-13(2)19(26)12-18)20-11-17(8-10-22(20)32-21)23-15(4)33-16(5)27-23/h7-12,14,21H,6H2,1-5H3,(H,28,30). The molecule has 4 rings (SSSR count). The minimum absolute atomic E-state index is 0.238. The molecule has 1 N–H and O–H groups in total. The summed E-state index contributed by atoms with van der Waals surface area (Å²) in [4.78, 5) is 33.8. The summed E-state index contributed by atoms with van der Waals surface area (Å²) >= 11 is 7.83. The Hall–Kier alpha value is -2.90. The Morgan fingerprint density at radius 1 is 1.24 bits per heavy atom. The number of halogens is 1. The summed E-state index contributed by atoms with van der Waals surface area (Å²) in [7, 11) is 0. The molecule has 8 heteroatoms. The molecule has 2 amide bonds. The molecular weight excluding hydrogens is 458 g/mol. The molecule has 172 valence electrons. The van der Waals surface area contributed by atoms with Crippen molar-refractivity contribution in [3.63, 3.8) is 0 Å². The van der Waals surface area contributed by atoms with Crippen molar-refractivity contribution in [2.75, 3.05) is 10.2 Å². The Morgan fingerprint density at radius 2 is 2.00 bits per heavy atom. The molecule has 2 heterocycles. The molecule has 0 spiro atoms. The summed E-state index contributed by atoms with van der Waals surface area (Å²) in [5.41, 5.74) is 3.82. The topological polar surface area (TPSA) is 71.5 Å². The first kappa shape index (κ1) is 23.3. The van der Waals surface area contributed by atoms with Crippen molar-refractivity contribution in [3.8, 4) is 17.0 Å². The minimum atomic E-state index is -0.761. The Morgan fingerprint density at radius 3 is 2.64 bits per heavy atom. The zero-order valence-corrected chi connectivity index (χ0v) is 20.8. The fraction of sp³-hybridized carbons (Fsp3) is 0.320. The molecule has 0 radical (unpaired) electrons. The van der Waals surface area contributed by atoms with E-state index in [9.17, 15) is 9.59 Å². The quantitative estimate of drug-likeness (QED) is 0.489. The van der Waals surface area contributed by atoms with E-state index in [-0.39, 0.29) is 11.8 Å². The molecule has 0 bridgehead atoms. The van der Waals surface area contributed by atoms with Crippen LogP contribution in [0.1, 0.15) is 35.7 Å². The van der Waals surface area contributed by atoms with Crippen molar-refractivity contribution in [1.29, 1.82) is 0 Å². The fourth-order valence-electron chi connectivity index (χ4n) is 3.92. The summed E-state index contributed by atoms with van der Waals surface area (Å²) in [5, 5.41) is 4.42. The van der Waals surface area contributed by atoms with Crippen LogP contribution in [-0.4, -0.2) is 28.9 Å². The van der Waals surface area contributed by atoms with E-state index in [1.807, 2.05) is 52.0 Å². The summed E-state index contributed by atoms with van der Waals surface area (Å²) in [6.45, 7) is 9.49. The van der Waals surface area contributed by atoms with Crippen LogP contribution in [0.5, 0.6) is 5.75 Å². The second-order valence-electron chi connectivity index (χ2n) is 8.17. The van der Waals surface area contributed by atoms with Gasteiger partial charge in [-0.3, -0.25) is 14.5 Å². The van der Waals surface area contributed by atoms with Gasteiger partial charge in [0.25, 0.3) is 5.91 Å². The highest BCUT2D eigenvalue weighted by Crippen LogP contribution is 2.40. The van der Waals surface area contributed by atoms with Crippen molar-refractivity contribution in [3.05, 3.63) is 56.9 Å². The average Bonchev–Trinajstić information content (AvgIpc) is 3.12. The summed E-state index contributed by atoms with van der Waals surface area (Å²) in [6, 6.07) is 10.3. The van der Waals surface area contributed by atoms with Gasteiger partial charge in [-0.05, 0) is 70.0 Å².